The molecule has 0 saturated heterocycles. The van der Waals surface area contributed by atoms with E-state index in [0.717, 1.165) is 17.7 Å². The zero-order valence-electron chi connectivity index (χ0n) is 10.8. The van der Waals surface area contributed by atoms with Gasteiger partial charge >= 0.3 is 0 Å². The van der Waals surface area contributed by atoms with Gasteiger partial charge in [0.15, 0.2) is 0 Å². The van der Waals surface area contributed by atoms with Crippen molar-refractivity contribution in [2.45, 2.75) is 6.10 Å². The first-order valence-electron chi connectivity index (χ1n) is 5.80. The van der Waals surface area contributed by atoms with Gasteiger partial charge in [0.2, 0.25) is 0 Å². The maximum Gasteiger partial charge on any atom is 0.103 e. The summed E-state index contributed by atoms with van der Waals surface area (Å²) in [5.41, 5.74) is 7.20. The van der Waals surface area contributed by atoms with E-state index < -0.39 is 6.10 Å². The number of ether oxygens (including phenoxy) is 1. The first kappa shape index (κ1) is 15.0. The van der Waals surface area contributed by atoms with Gasteiger partial charge in [-0.15, -0.1) is 0 Å². The van der Waals surface area contributed by atoms with Crippen LogP contribution >= 0.6 is 12.2 Å². The van der Waals surface area contributed by atoms with Crippen molar-refractivity contribution in [3.63, 3.8) is 0 Å². The molecule has 1 rings (SSSR count). The van der Waals surface area contributed by atoms with Crippen LogP contribution in [0.3, 0.4) is 0 Å². The average molecular weight is 268 g/mol. The minimum atomic E-state index is -0.521. The molecule has 100 valence electrons. The number of aliphatic hydroxyl groups excluding tert-OH is 1. The SMILES string of the molecule is COCCN(C)CC(O)c1ccc(C(N)=S)cc1. The highest BCUT2D eigenvalue weighted by Gasteiger charge is 2.10. The summed E-state index contributed by atoms with van der Waals surface area (Å²) in [5, 5.41) is 10.1. The molecule has 0 amide bonds. The van der Waals surface area contributed by atoms with E-state index in [2.05, 4.69) is 0 Å². The molecule has 1 aromatic rings. The van der Waals surface area contributed by atoms with Crippen molar-refractivity contribution in [1.82, 2.24) is 4.90 Å². The lowest BCUT2D eigenvalue weighted by Crippen LogP contribution is -2.27. The fourth-order valence-electron chi connectivity index (χ4n) is 1.61. The van der Waals surface area contributed by atoms with Gasteiger partial charge in [-0.05, 0) is 12.6 Å². The Balaban J connectivity index is 2.55. The number of benzene rings is 1. The lowest BCUT2D eigenvalue weighted by Gasteiger charge is -2.20. The lowest BCUT2D eigenvalue weighted by molar-refractivity contribution is 0.103. The number of nitrogens with two attached hydrogens (primary N) is 1. The van der Waals surface area contributed by atoms with Crippen LogP contribution in [0.15, 0.2) is 24.3 Å². The van der Waals surface area contributed by atoms with E-state index in [1.165, 1.54) is 0 Å². The third-order valence-electron chi connectivity index (χ3n) is 2.74. The monoisotopic (exact) mass is 268 g/mol. The van der Waals surface area contributed by atoms with E-state index in [1.54, 1.807) is 7.11 Å². The highest BCUT2D eigenvalue weighted by molar-refractivity contribution is 7.80. The molecule has 4 nitrogen and oxygen atoms in total. The summed E-state index contributed by atoms with van der Waals surface area (Å²) >= 11 is 4.88. The number of hydrogen-bond donors (Lipinski definition) is 2. The number of likely N-dealkylation sites (N-methyl/N-ethyl adjacent to an activating group) is 1. The van der Waals surface area contributed by atoms with Crippen molar-refractivity contribution in [2.75, 3.05) is 33.9 Å². The smallest absolute Gasteiger partial charge is 0.103 e. The summed E-state index contributed by atoms with van der Waals surface area (Å²) in [6, 6.07) is 7.36. The number of hydrogen-bond acceptors (Lipinski definition) is 4. The topological polar surface area (TPSA) is 58.7 Å². The number of nitrogens with zero attached hydrogens (tertiary/aromatic N) is 1. The predicted octanol–water partition coefficient (Wildman–Crippen LogP) is 0.932. The molecule has 0 saturated carbocycles. The first-order valence-corrected chi connectivity index (χ1v) is 6.20. The largest absolute Gasteiger partial charge is 0.389 e. The third-order valence-corrected chi connectivity index (χ3v) is 2.98. The Labute approximate surface area is 113 Å². The molecule has 0 bridgehead atoms. The summed E-state index contributed by atoms with van der Waals surface area (Å²) < 4.78 is 4.99. The van der Waals surface area contributed by atoms with Gasteiger partial charge in [0.1, 0.15) is 4.99 Å². The Bertz CT molecular complexity index is 381. The van der Waals surface area contributed by atoms with Crippen LogP contribution in [0.2, 0.25) is 0 Å². The molecule has 0 spiro atoms. The molecule has 3 N–H and O–H groups in total. The molecular formula is C13H20N2O2S. The Hall–Kier alpha value is -1.01. The molecule has 0 fully saturated rings. The molecule has 1 atom stereocenters. The second-order valence-corrected chi connectivity index (χ2v) is 4.70. The molecule has 0 aromatic heterocycles. The summed E-state index contributed by atoms with van der Waals surface area (Å²) in [4.78, 5) is 2.39. The molecule has 0 aliphatic heterocycles. The van der Waals surface area contributed by atoms with Gasteiger partial charge in [0.25, 0.3) is 0 Å². The molecule has 1 aromatic carbocycles. The second-order valence-electron chi connectivity index (χ2n) is 4.26. The third kappa shape index (κ3) is 4.70. The van der Waals surface area contributed by atoms with Crippen molar-refractivity contribution < 1.29 is 9.84 Å². The lowest BCUT2D eigenvalue weighted by atomic mass is 10.1. The van der Waals surface area contributed by atoms with Gasteiger partial charge in [-0.25, -0.2) is 0 Å². The highest BCUT2D eigenvalue weighted by atomic mass is 32.1. The van der Waals surface area contributed by atoms with Crippen LogP contribution in [0.4, 0.5) is 0 Å². The van der Waals surface area contributed by atoms with Crippen LogP contribution in [0, 0.1) is 0 Å². The molecule has 5 heteroatoms. The zero-order chi connectivity index (χ0) is 13.5. The number of methoxy groups -OCH3 is 1. The van der Waals surface area contributed by atoms with Crippen LogP contribution < -0.4 is 5.73 Å². The van der Waals surface area contributed by atoms with Crippen LogP contribution in [0.1, 0.15) is 17.2 Å². The maximum absolute atomic E-state index is 10.1. The summed E-state index contributed by atoms with van der Waals surface area (Å²) in [6.45, 7) is 2.01. The second kappa shape index (κ2) is 7.43. The quantitative estimate of drug-likeness (QED) is 0.721. The molecule has 0 heterocycles. The fourth-order valence-corrected chi connectivity index (χ4v) is 1.74. The van der Waals surface area contributed by atoms with Gasteiger partial charge in [0, 0.05) is 25.8 Å². The number of aliphatic hydroxyl groups is 1. The van der Waals surface area contributed by atoms with E-state index >= 15 is 0 Å². The summed E-state index contributed by atoms with van der Waals surface area (Å²) in [5.74, 6) is 0. The van der Waals surface area contributed by atoms with Crippen LogP contribution in [-0.4, -0.2) is 48.8 Å². The van der Waals surface area contributed by atoms with Gasteiger partial charge < -0.3 is 20.5 Å². The fraction of sp³-hybridized carbons (Fsp3) is 0.462. The van der Waals surface area contributed by atoms with Crippen molar-refractivity contribution in [1.29, 1.82) is 0 Å². The summed E-state index contributed by atoms with van der Waals surface area (Å²) in [7, 11) is 3.62. The van der Waals surface area contributed by atoms with E-state index in [0.29, 0.717) is 18.1 Å². The Morgan fingerprint density at radius 3 is 2.56 bits per heavy atom. The van der Waals surface area contributed by atoms with Gasteiger partial charge in [-0.2, -0.15) is 0 Å². The minimum Gasteiger partial charge on any atom is -0.389 e. The predicted molar refractivity (Wildman–Crippen MR) is 76.7 cm³/mol. The molecular weight excluding hydrogens is 248 g/mol. The normalized spacial score (nSPS) is 12.7. The average Bonchev–Trinajstić information content (AvgIpc) is 2.36. The van der Waals surface area contributed by atoms with E-state index in [9.17, 15) is 5.11 Å². The van der Waals surface area contributed by atoms with Gasteiger partial charge in [0.05, 0.1) is 12.7 Å². The molecule has 0 aliphatic carbocycles. The van der Waals surface area contributed by atoms with E-state index in [4.69, 9.17) is 22.7 Å². The maximum atomic E-state index is 10.1. The molecule has 18 heavy (non-hydrogen) atoms. The summed E-state index contributed by atoms with van der Waals surface area (Å²) in [6.07, 6.45) is -0.521. The van der Waals surface area contributed by atoms with Crippen molar-refractivity contribution >= 4 is 17.2 Å². The van der Waals surface area contributed by atoms with Crippen molar-refractivity contribution in [3.05, 3.63) is 35.4 Å². The molecule has 1 unspecified atom stereocenters. The number of thiocarbonyl (C=S) groups is 1. The van der Waals surface area contributed by atoms with Crippen molar-refractivity contribution in [2.24, 2.45) is 5.73 Å². The highest BCUT2D eigenvalue weighted by Crippen LogP contribution is 2.14. The first-order chi connectivity index (χ1) is 8.54. The minimum absolute atomic E-state index is 0.369. The standard InChI is InChI=1S/C13H20N2O2S/c1-15(7-8-17-2)9-12(16)10-3-5-11(6-4-10)13(14)18/h3-6,12,16H,7-9H2,1-2H3,(H2,14,18). The van der Waals surface area contributed by atoms with E-state index in [1.807, 2.05) is 36.2 Å². The van der Waals surface area contributed by atoms with E-state index in [-0.39, 0.29) is 0 Å². The van der Waals surface area contributed by atoms with Crippen LogP contribution in [0.5, 0.6) is 0 Å². The Morgan fingerprint density at radius 2 is 2.06 bits per heavy atom. The van der Waals surface area contributed by atoms with Crippen LogP contribution in [-0.2, 0) is 4.74 Å². The molecule has 0 radical (unpaired) electrons. The Kier molecular flexibility index (Phi) is 6.21. The molecule has 0 aliphatic rings. The number of rotatable bonds is 7. The zero-order valence-corrected chi connectivity index (χ0v) is 11.6. The van der Waals surface area contributed by atoms with Crippen molar-refractivity contribution in [3.8, 4) is 0 Å². The van der Waals surface area contributed by atoms with Crippen LogP contribution in [0.25, 0.3) is 0 Å². The van der Waals surface area contributed by atoms with Gasteiger partial charge in [-0.3, -0.25) is 0 Å². The Morgan fingerprint density at radius 1 is 1.44 bits per heavy atom. The van der Waals surface area contributed by atoms with Gasteiger partial charge in [-0.1, -0.05) is 36.5 Å².